The first kappa shape index (κ1) is 13.5. The molecule has 0 aliphatic carbocycles. The highest BCUT2D eigenvalue weighted by atomic mass is 19.3. The monoisotopic (exact) mass is 245 g/mol. The molecule has 0 aliphatic rings. The van der Waals surface area contributed by atoms with E-state index in [0.717, 1.165) is 6.07 Å². The Morgan fingerprint density at radius 2 is 1.88 bits per heavy atom. The summed E-state index contributed by atoms with van der Waals surface area (Å²) in [5, 5.41) is 19.9. The van der Waals surface area contributed by atoms with E-state index in [1.54, 1.807) is 6.92 Å². The van der Waals surface area contributed by atoms with Crippen LogP contribution in [0.2, 0.25) is 0 Å². The Morgan fingerprint density at radius 1 is 1.29 bits per heavy atom. The van der Waals surface area contributed by atoms with E-state index in [1.807, 2.05) is 0 Å². The number of rotatable bonds is 4. The van der Waals surface area contributed by atoms with Crippen LogP contribution >= 0.6 is 0 Å². The number of non-ortho nitro benzene ring substituents is 1. The molecule has 0 fully saturated rings. The maximum Gasteiger partial charge on any atom is 0.269 e. The number of nitro groups is 1. The van der Waals surface area contributed by atoms with Crippen molar-refractivity contribution in [1.29, 1.82) is 0 Å². The summed E-state index contributed by atoms with van der Waals surface area (Å²) in [5.74, 6) is -0.500. The number of alkyl halides is 2. The summed E-state index contributed by atoms with van der Waals surface area (Å²) < 4.78 is 25.6. The van der Waals surface area contributed by atoms with Gasteiger partial charge >= 0.3 is 0 Å². The molecule has 2 unspecified atom stereocenters. The van der Waals surface area contributed by atoms with E-state index in [0.29, 0.717) is 0 Å². The lowest BCUT2D eigenvalue weighted by molar-refractivity contribution is -0.385. The van der Waals surface area contributed by atoms with Gasteiger partial charge in [-0.2, -0.15) is 0 Å². The molecule has 1 aromatic rings. The fourth-order valence-corrected chi connectivity index (χ4v) is 1.54. The molecule has 94 valence electrons. The molecule has 6 heteroatoms. The van der Waals surface area contributed by atoms with Crippen LogP contribution in [0.4, 0.5) is 14.5 Å². The molecule has 0 saturated carbocycles. The molecule has 1 N–H and O–H groups in total. The van der Waals surface area contributed by atoms with Crippen molar-refractivity contribution in [2.24, 2.45) is 0 Å². The Bertz CT molecular complexity index is 421. The highest BCUT2D eigenvalue weighted by Gasteiger charge is 2.23. The fourth-order valence-electron chi connectivity index (χ4n) is 1.54. The van der Waals surface area contributed by atoms with Crippen LogP contribution in [0.5, 0.6) is 0 Å². The van der Waals surface area contributed by atoms with Crippen molar-refractivity contribution >= 4 is 5.69 Å². The third kappa shape index (κ3) is 2.97. The van der Waals surface area contributed by atoms with Gasteiger partial charge in [0.2, 0.25) is 0 Å². The fraction of sp³-hybridized carbons (Fsp3) is 0.455. The van der Waals surface area contributed by atoms with E-state index in [2.05, 4.69) is 0 Å². The van der Waals surface area contributed by atoms with Crippen molar-refractivity contribution in [2.75, 3.05) is 0 Å². The van der Waals surface area contributed by atoms with Gasteiger partial charge in [-0.1, -0.05) is 13.0 Å². The standard InChI is InChI=1S/C11H13F2NO3/c1-6(7(2)15)9-4-3-8(14(16)17)5-10(9)11(12)13/h3-7,11,15H,1-2H3. The van der Waals surface area contributed by atoms with Crippen LogP contribution in [-0.4, -0.2) is 16.1 Å². The van der Waals surface area contributed by atoms with Crippen LogP contribution in [0.3, 0.4) is 0 Å². The maximum absolute atomic E-state index is 12.8. The second-order valence-corrected chi connectivity index (χ2v) is 3.90. The summed E-state index contributed by atoms with van der Waals surface area (Å²) >= 11 is 0. The lowest BCUT2D eigenvalue weighted by atomic mass is 9.91. The quantitative estimate of drug-likeness (QED) is 0.655. The van der Waals surface area contributed by atoms with Crippen LogP contribution in [0.15, 0.2) is 18.2 Å². The highest BCUT2D eigenvalue weighted by Crippen LogP contribution is 2.32. The van der Waals surface area contributed by atoms with Crippen LogP contribution in [0.25, 0.3) is 0 Å². The van der Waals surface area contributed by atoms with Gasteiger partial charge in [0.15, 0.2) is 0 Å². The number of nitrogens with zero attached hydrogens (tertiary/aromatic N) is 1. The minimum Gasteiger partial charge on any atom is -0.393 e. The van der Waals surface area contributed by atoms with Crippen molar-refractivity contribution in [3.63, 3.8) is 0 Å². The van der Waals surface area contributed by atoms with Crippen molar-refractivity contribution in [2.45, 2.75) is 32.3 Å². The molecule has 0 aliphatic heterocycles. The predicted octanol–water partition coefficient (Wildman–Crippen LogP) is 3.02. The molecule has 17 heavy (non-hydrogen) atoms. The number of hydrogen-bond donors (Lipinski definition) is 1. The first-order valence-electron chi connectivity index (χ1n) is 5.09. The number of nitro benzene ring substituents is 1. The largest absolute Gasteiger partial charge is 0.393 e. The first-order chi connectivity index (χ1) is 7.84. The second kappa shape index (κ2) is 5.18. The summed E-state index contributed by atoms with van der Waals surface area (Å²) in [6, 6.07) is 3.30. The zero-order chi connectivity index (χ0) is 13.2. The third-order valence-electron chi connectivity index (χ3n) is 2.73. The molecule has 1 aromatic carbocycles. The minimum absolute atomic E-state index is 0.237. The topological polar surface area (TPSA) is 63.4 Å². The third-order valence-corrected chi connectivity index (χ3v) is 2.73. The van der Waals surface area contributed by atoms with Gasteiger partial charge in [0.1, 0.15) is 0 Å². The summed E-state index contributed by atoms with van der Waals surface area (Å²) in [6.45, 7) is 3.08. The van der Waals surface area contributed by atoms with Gasteiger partial charge in [-0.25, -0.2) is 8.78 Å². The zero-order valence-corrected chi connectivity index (χ0v) is 9.43. The summed E-state index contributed by atoms with van der Waals surface area (Å²) in [5.41, 5.74) is -0.532. The average molecular weight is 245 g/mol. The molecule has 0 spiro atoms. The lowest BCUT2D eigenvalue weighted by Crippen LogP contribution is -2.13. The van der Waals surface area contributed by atoms with Gasteiger partial charge in [-0.3, -0.25) is 10.1 Å². The smallest absolute Gasteiger partial charge is 0.269 e. The number of hydrogen-bond acceptors (Lipinski definition) is 3. The molecule has 0 heterocycles. The zero-order valence-electron chi connectivity index (χ0n) is 9.43. The van der Waals surface area contributed by atoms with Gasteiger partial charge in [-0.15, -0.1) is 0 Å². The van der Waals surface area contributed by atoms with E-state index in [1.165, 1.54) is 19.1 Å². The minimum atomic E-state index is -2.80. The highest BCUT2D eigenvalue weighted by molar-refractivity contribution is 5.42. The Balaban J connectivity index is 3.27. The summed E-state index contributed by atoms with van der Waals surface area (Å²) in [7, 11) is 0. The predicted molar refractivity (Wildman–Crippen MR) is 58.1 cm³/mol. The number of benzene rings is 1. The van der Waals surface area contributed by atoms with Crippen LogP contribution in [0.1, 0.15) is 37.3 Å². The molecule has 2 atom stereocenters. The van der Waals surface area contributed by atoms with E-state index in [4.69, 9.17) is 0 Å². The van der Waals surface area contributed by atoms with Gasteiger partial charge in [0.25, 0.3) is 12.1 Å². The second-order valence-electron chi connectivity index (χ2n) is 3.90. The van der Waals surface area contributed by atoms with E-state index in [9.17, 15) is 24.0 Å². The molecular formula is C11H13F2NO3. The molecule has 0 bridgehead atoms. The van der Waals surface area contributed by atoms with Gasteiger partial charge in [0.05, 0.1) is 11.0 Å². The Labute approximate surface area is 97.0 Å². The van der Waals surface area contributed by atoms with Crippen molar-refractivity contribution in [3.05, 3.63) is 39.4 Å². The Hall–Kier alpha value is -1.56. The maximum atomic E-state index is 12.8. The van der Waals surface area contributed by atoms with Crippen molar-refractivity contribution in [3.8, 4) is 0 Å². The molecule has 1 rings (SSSR count). The summed E-state index contributed by atoms with van der Waals surface area (Å²) in [4.78, 5) is 9.78. The molecular weight excluding hydrogens is 232 g/mol. The number of aliphatic hydroxyl groups is 1. The van der Waals surface area contributed by atoms with Crippen LogP contribution < -0.4 is 0 Å². The Kier molecular flexibility index (Phi) is 4.11. The van der Waals surface area contributed by atoms with Gasteiger partial charge in [-0.05, 0) is 12.5 Å². The first-order valence-corrected chi connectivity index (χ1v) is 5.09. The SMILES string of the molecule is CC(O)C(C)c1ccc([N+](=O)[O-])cc1C(F)F. The van der Waals surface area contributed by atoms with Gasteiger partial charge in [0, 0.05) is 23.6 Å². The van der Waals surface area contributed by atoms with Crippen LogP contribution in [0, 0.1) is 10.1 Å². The molecule has 0 radical (unpaired) electrons. The summed E-state index contributed by atoms with van der Waals surface area (Å²) in [6.07, 6.45) is -3.60. The van der Waals surface area contributed by atoms with Crippen molar-refractivity contribution in [1.82, 2.24) is 0 Å². The number of halogens is 2. The van der Waals surface area contributed by atoms with Crippen molar-refractivity contribution < 1.29 is 18.8 Å². The normalized spacial score (nSPS) is 14.7. The number of aliphatic hydroxyl groups excluding tert-OH is 1. The van der Waals surface area contributed by atoms with E-state index >= 15 is 0 Å². The van der Waals surface area contributed by atoms with Gasteiger partial charge < -0.3 is 5.11 Å². The van der Waals surface area contributed by atoms with E-state index < -0.39 is 28.9 Å². The molecule has 0 saturated heterocycles. The average Bonchev–Trinajstić information content (AvgIpc) is 2.26. The van der Waals surface area contributed by atoms with Crippen LogP contribution in [-0.2, 0) is 0 Å². The van der Waals surface area contributed by atoms with E-state index in [-0.39, 0.29) is 11.3 Å². The molecule has 0 amide bonds. The molecule has 4 nitrogen and oxygen atoms in total. The molecule has 0 aromatic heterocycles. The Morgan fingerprint density at radius 3 is 2.29 bits per heavy atom. The lowest BCUT2D eigenvalue weighted by Gasteiger charge is -2.18.